The molecule has 1 saturated carbocycles. The molecule has 0 bridgehead atoms. The Morgan fingerprint density at radius 3 is 2.67 bits per heavy atom. The molecule has 1 nitrogen and oxygen atoms in total. The molecule has 1 heteroatoms. The molecule has 0 amide bonds. The molecular weight excluding hydrogens is 182 g/mol. The zero-order valence-corrected chi connectivity index (χ0v) is 9.16. The molecule has 78 valence electrons. The molecule has 1 aromatic carbocycles. The van der Waals surface area contributed by atoms with E-state index in [9.17, 15) is 0 Å². The predicted octanol–water partition coefficient (Wildman–Crippen LogP) is 2.75. The van der Waals surface area contributed by atoms with Crippen LogP contribution in [0.3, 0.4) is 0 Å². The van der Waals surface area contributed by atoms with Crippen LogP contribution in [0.25, 0.3) is 0 Å². The van der Waals surface area contributed by atoms with Gasteiger partial charge in [-0.1, -0.05) is 36.3 Å². The first-order valence-corrected chi connectivity index (χ1v) is 5.59. The van der Waals surface area contributed by atoms with Gasteiger partial charge in [0, 0.05) is 6.04 Å². The van der Waals surface area contributed by atoms with Crippen LogP contribution in [0.15, 0.2) is 30.3 Å². The fourth-order valence-corrected chi connectivity index (χ4v) is 1.90. The normalized spacial score (nSPS) is 16.6. The molecule has 1 N–H and O–H groups in total. The third-order valence-electron chi connectivity index (χ3n) is 2.84. The molecule has 1 aliphatic rings. The Bertz CT molecular complexity index is 354. The first kappa shape index (κ1) is 10.3. The highest BCUT2D eigenvalue weighted by atomic mass is 14.9. The number of rotatable bonds is 4. The predicted molar refractivity (Wildman–Crippen MR) is 63.4 cm³/mol. The highest BCUT2D eigenvalue weighted by molar-refractivity contribution is 5.21. The first-order chi connectivity index (χ1) is 7.42. The summed E-state index contributed by atoms with van der Waals surface area (Å²) < 4.78 is 0. The van der Waals surface area contributed by atoms with E-state index in [0.717, 1.165) is 12.5 Å². The molecule has 0 saturated heterocycles. The van der Waals surface area contributed by atoms with Crippen molar-refractivity contribution in [2.75, 3.05) is 6.54 Å². The molecule has 0 spiro atoms. The maximum absolute atomic E-state index is 3.53. The maximum Gasteiger partial charge on any atom is 0.0581 e. The van der Waals surface area contributed by atoms with Gasteiger partial charge in [0.1, 0.15) is 0 Å². The lowest BCUT2D eigenvalue weighted by atomic mass is 10.0. The van der Waals surface area contributed by atoms with Crippen LogP contribution in [-0.4, -0.2) is 6.54 Å². The Labute approximate surface area is 91.9 Å². The van der Waals surface area contributed by atoms with Crippen molar-refractivity contribution in [3.05, 3.63) is 35.9 Å². The van der Waals surface area contributed by atoms with Crippen LogP contribution in [0.5, 0.6) is 0 Å². The van der Waals surface area contributed by atoms with E-state index >= 15 is 0 Å². The van der Waals surface area contributed by atoms with E-state index in [2.05, 4.69) is 47.5 Å². The molecule has 1 aromatic rings. The lowest BCUT2D eigenvalue weighted by Gasteiger charge is -2.16. The SMILES string of the molecule is CC#CCNC(c1ccccc1)C1CC1. The van der Waals surface area contributed by atoms with Crippen LogP contribution in [0.1, 0.15) is 31.4 Å². The Hall–Kier alpha value is -1.26. The van der Waals surface area contributed by atoms with Gasteiger partial charge in [0.05, 0.1) is 6.54 Å². The third-order valence-corrected chi connectivity index (χ3v) is 2.84. The summed E-state index contributed by atoms with van der Waals surface area (Å²) in [6, 6.07) is 11.2. The number of hydrogen-bond acceptors (Lipinski definition) is 1. The summed E-state index contributed by atoms with van der Waals surface area (Å²) in [7, 11) is 0. The Kier molecular flexibility index (Phi) is 3.42. The van der Waals surface area contributed by atoms with Crippen molar-refractivity contribution in [2.45, 2.75) is 25.8 Å². The van der Waals surface area contributed by atoms with Gasteiger partial charge in [0.15, 0.2) is 0 Å². The van der Waals surface area contributed by atoms with Gasteiger partial charge in [0.25, 0.3) is 0 Å². The van der Waals surface area contributed by atoms with Gasteiger partial charge in [-0.05, 0) is 31.2 Å². The van der Waals surface area contributed by atoms with Crippen molar-refractivity contribution in [3.8, 4) is 11.8 Å². The molecule has 0 aliphatic heterocycles. The van der Waals surface area contributed by atoms with Gasteiger partial charge in [0.2, 0.25) is 0 Å². The summed E-state index contributed by atoms with van der Waals surface area (Å²) >= 11 is 0. The average Bonchev–Trinajstić information content (AvgIpc) is 3.10. The van der Waals surface area contributed by atoms with Crippen LogP contribution in [0.4, 0.5) is 0 Å². The number of hydrogen-bond donors (Lipinski definition) is 1. The first-order valence-electron chi connectivity index (χ1n) is 5.59. The topological polar surface area (TPSA) is 12.0 Å². The van der Waals surface area contributed by atoms with Crippen LogP contribution in [0.2, 0.25) is 0 Å². The highest BCUT2D eigenvalue weighted by Gasteiger charge is 2.31. The van der Waals surface area contributed by atoms with Crippen molar-refractivity contribution < 1.29 is 0 Å². The van der Waals surface area contributed by atoms with E-state index in [1.165, 1.54) is 18.4 Å². The summed E-state index contributed by atoms with van der Waals surface area (Å²) in [6.07, 6.45) is 2.71. The van der Waals surface area contributed by atoms with Crippen LogP contribution >= 0.6 is 0 Å². The lowest BCUT2D eigenvalue weighted by molar-refractivity contribution is 0.511. The summed E-state index contributed by atoms with van der Waals surface area (Å²) in [6.45, 7) is 2.68. The van der Waals surface area contributed by atoms with E-state index in [1.807, 2.05) is 6.92 Å². The maximum atomic E-state index is 3.53. The van der Waals surface area contributed by atoms with Crippen molar-refractivity contribution in [3.63, 3.8) is 0 Å². The third kappa shape index (κ3) is 2.84. The monoisotopic (exact) mass is 199 g/mol. The summed E-state index contributed by atoms with van der Waals surface area (Å²) in [5.41, 5.74) is 1.40. The van der Waals surface area contributed by atoms with Crippen LogP contribution in [0, 0.1) is 17.8 Å². The van der Waals surface area contributed by atoms with Gasteiger partial charge in [-0.25, -0.2) is 0 Å². The highest BCUT2D eigenvalue weighted by Crippen LogP contribution is 2.40. The van der Waals surface area contributed by atoms with Crippen molar-refractivity contribution >= 4 is 0 Å². The second-order valence-electron chi connectivity index (χ2n) is 4.03. The van der Waals surface area contributed by atoms with E-state index in [0.29, 0.717) is 6.04 Å². The Morgan fingerprint density at radius 2 is 2.07 bits per heavy atom. The van der Waals surface area contributed by atoms with E-state index in [1.54, 1.807) is 0 Å². The van der Waals surface area contributed by atoms with Crippen LogP contribution < -0.4 is 5.32 Å². The number of nitrogens with one attached hydrogen (secondary N) is 1. The minimum Gasteiger partial charge on any atom is -0.299 e. The second-order valence-corrected chi connectivity index (χ2v) is 4.03. The minimum absolute atomic E-state index is 0.507. The smallest absolute Gasteiger partial charge is 0.0581 e. The van der Waals surface area contributed by atoms with Crippen molar-refractivity contribution in [2.24, 2.45) is 5.92 Å². The van der Waals surface area contributed by atoms with Crippen LogP contribution in [-0.2, 0) is 0 Å². The standard InChI is InChI=1S/C14H17N/c1-2-3-11-15-14(13-9-10-13)12-7-5-4-6-8-12/h4-8,13-15H,9-11H2,1H3. The zero-order chi connectivity index (χ0) is 10.5. The molecule has 0 heterocycles. The van der Waals surface area contributed by atoms with E-state index < -0.39 is 0 Å². The summed E-state index contributed by atoms with van der Waals surface area (Å²) in [5, 5.41) is 3.53. The quantitative estimate of drug-likeness (QED) is 0.735. The van der Waals surface area contributed by atoms with Gasteiger partial charge in [-0.3, -0.25) is 5.32 Å². The van der Waals surface area contributed by atoms with Gasteiger partial charge >= 0.3 is 0 Å². The molecule has 1 unspecified atom stereocenters. The number of benzene rings is 1. The Morgan fingerprint density at radius 1 is 1.33 bits per heavy atom. The van der Waals surface area contributed by atoms with Gasteiger partial charge in [-0.15, -0.1) is 5.92 Å². The van der Waals surface area contributed by atoms with E-state index in [4.69, 9.17) is 0 Å². The average molecular weight is 199 g/mol. The fraction of sp³-hybridized carbons (Fsp3) is 0.429. The van der Waals surface area contributed by atoms with Crippen molar-refractivity contribution in [1.29, 1.82) is 0 Å². The van der Waals surface area contributed by atoms with Gasteiger partial charge < -0.3 is 0 Å². The summed E-state index contributed by atoms with van der Waals surface area (Å²) in [5.74, 6) is 6.82. The minimum atomic E-state index is 0.507. The Balaban J connectivity index is 2.02. The largest absolute Gasteiger partial charge is 0.299 e. The van der Waals surface area contributed by atoms with E-state index in [-0.39, 0.29) is 0 Å². The molecule has 0 radical (unpaired) electrons. The molecular formula is C14H17N. The zero-order valence-electron chi connectivity index (χ0n) is 9.16. The molecule has 1 aliphatic carbocycles. The molecule has 0 aromatic heterocycles. The molecule has 1 atom stereocenters. The van der Waals surface area contributed by atoms with Gasteiger partial charge in [-0.2, -0.15) is 0 Å². The molecule has 15 heavy (non-hydrogen) atoms. The fourth-order valence-electron chi connectivity index (χ4n) is 1.90. The lowest BCUT2D eigenvalue weighted by Crippen LogP contribution is -2.23. The second kappa shape index (κ2) is 5.00. The molecule has 1 fully saturated rings. The van der Waals surface area contributed by atoms with Crippen molar-refractivity contribution in [1.82, 2.24) is 5.32 Å². The molecule has 2 rings (SSSR count). The summed E-state index contributed by atoms with van der Waals surface area (Å²) in [4.78, 5) is 0.